The summed E-state index contributed by atoms with van der Waals surface area (Å²) in [7, 11) is 1.52. The molecule has 1 aromatic rings. The van der Waals surface area contributed by atoms with Gasteiger partial charge in [-0.2, -0.15) is 0 Å². The Bertz CT molecular complexity index is 493. The van der Waals surface area contributed by atoms with Gasteiger partial charge in [0.2, 0.25) is 5.91 Å². The molecule has 0 saturated heterocycles. The molecule has 1 aromatic carbocycles. The van der Waals surface area contributed by atoms with Crippen LogP contribution < -0.4 is 11.1 Å². The highest BCUT2D eigenvalue weighted by atomic mass is 19.1. The third-order valence-corrected chi connectivity index (χ3v) is 2.72. The van der Waals surface area contributed by atoms with Crippen LogP contribution in [-0.2, 0) is 9.53 Å². The summed E-state index contributed by atoms with van der Waals surface area (Å²) in [6, 6.07) is 2.67. The fourth-order valence-electron chi connectivity index (χ4n) is 1.66. The summed E-state index contributed by atoms with van der Waals surface area (Å²) in [5, 5.41) is 11.7. The van der Waals surface area contributed by atoms with Crippen molar-refractivity contribution >= 4 is 17.6 Å². The molecular formula is C13H17FN2O4. The van der Waals surface area contributed by atoms with E-state index in [0.29, 0.717) is 19.4 Å². The van der Waals surface area contributed by atoms with Crippen LogP contribution in [0.15, 0.2) is 18.2 Å². The summed E-state index contributed by atoms with van der Waals surface area (Å²) in [6.45, 7) is 0.425. The van der Waals surface area contributed by atoms with Crippen LogP contribution in [0.2, 0.25) is 0 Å². The van der Waals surface area contributed by atoms with Crippen molar-refractivity contribution in [2.45, 2.75) is 18.9 Å². The van der Waals surface area contributed by atoms with Crippen molar-refractivity contribution in [1.29, 1.82) is 0 Å². The van der Waals surface area contributed by atoms with Gasteiger partial charge in [0.05, 0.1) is 5.69 Å². The zero-order valence-electron chi connectivity index (χ0n) is 11.1. The van der Waals surface area contributed by atoms with Crippen LogP contribution in [-0.4, -0.2) is 36.7 Å². The molecule has 0 saturated carbocycles. The average molecular weight is 284 g/mol. The van der Waals surface area contributed by atoms with Gasteiger partial charge in [-0.3, -0.25) is 4.79 Å². The Morgan fingerprint density at radius 2 is 2.20 bits per heavy atom. The lowest BCUT2D eigenvalue weighted by molar-refractivity contribution is -0.138. The van der Waals surface area contributed by atoms with Crippen molar-refractivity contribution in [2.24, 2.45) is 5.73 Å². The molecule has 1 rings (SSSR count). The monoisotopic (exact) mass is 284 g/mol. The average Bonchev–Trinajstić information content (AvgIpc) is 2.39. The van der Waals surface area contributed by atoms with E-state index in [1.54, 1.807) is 0 Å². The van der Waals surface area contributed by atoms with Crippen molar-refractivity contribution in [2.75, 3.05) is 19.0 Å². The normalized spacial score (nSPS) is 11.9. The molecule has 0 heterocycles. The maximum absolute atomic E-state index is 13.7. The Morgan fingerprint density at radius 1 is 1.50 bits per heavy atom. The highest BCUT2D eigenvalue weighted by Gasteiger charge is 2.18. The first-order valence-electron chi connectivity index (χ1n) is 6.03. The van der Waals surface area contributed by atoms with Gasteiger partial charge < -0.3 is 20.9 Å². The fraction of sp³-hybridized carbons (Fsp3) is 0.385. The van der Waals surface area contributed by atoms with E-state index >= 15 is 0 Å². The number of rotatable bonds is 8. The molecular weight excluding hydrogens is 267 g/mol. The molecule has 0 aliphatic rings. The minimum absolute atomic E-state index is 0.0137. The Hall–Kier alpha value is -2.15. The molecule has 0 radical (unpaired) electrons. The standard InChI is InChI=1S/C13H17FN2O4/c1-20-6-2-3-11(13(18)19)16-10-5-4-8(12(15)17)7-9(10)14/h4-5,7,11,16H,2-3,6H2,1H3,(H2,15,17)(H,18,19). The number of aliphatic carboxylic acids is 1. The summed E-state index contributed by atoms with van der Waals surface area (Å²) < 4.78 is 18.6. The lowest BCUT2D eigenvalue weighted by Crippen LogP contribution is -2.30. The lowest BCUT2D eigenvalue weighted by Gasteiger charge is -2.16. The van der Waals surface area contributed by atoms with E-state index in [1.165, 1.54) is 19.2 Å². The van der Waals surface area contributed by atoms with Crippen LogP contribution in [0.3, 0.4) is 0 Å². The van der Waals surface area contributed by atoms with Gasteiger partial charge in [-0.05, 0) is 31.0 Å². The van der Waals surface area contributed by atoms with Gasteiger partial charge in [0.1, 0.15) is 11.9 Å². The van der Waals surface area contributed by atoms with Gasteiger partial charge in [-0.15, -0.1) is 0 Å². The molecule has 7 heteroatoms. The number of nitrogens with one attached hydrogen (secondary N) is 1. The van der Waals surface area contributed by atoms with E-state index in [-0.39, 0.29) is 11.3 Å². The van der Waals surface area contributed by atoms with Gasteiger partial charge in [0.15, 0.2) is 0 Å². The van der Waals surface area contributed by atoms with Gasteiger partial charge in [0, 0.05) is 19.3 Å². The molecule has 20 heavy (non-hydrogen) atoms. The molecule has 0 spiro atoms. The number of ether oxygens (including phenoxy) is 1. The van der Waals surface area contributed by atoms with Gasteiger partial charge in [0.25, 0.3) is 0 Å². The van der Waals surface area contributed by atoms with Crippen molar-refractivity contribution in [1.82, 2.24) is 0 Å². The number of hydrogen-bond donors (Lipinski definition) is 3. The smallest absolute Gasteiger partial charge is 0.326 e. The zero-order chi connectivity index (χ0) is 15.1. The van der Waals surface area contributed by atoms with Gasteiger partial charge in [-0.25, -0.2) is 9.18 Å². The predicted molar refractivity (Wildman–Crippen MR) is 71.1 cm³/mol. The minimum Gasteiger partial charge on any atom is -0.480 e. The van der Waals surface area contributed by atoms with Crippen molar-refractivity contribution in [3.8, 4) is 0 Å². The lowest BCUT2D eigenvalue weighted by atomic mass is 10.1. The molecule has 4 N–H and O–H groups in total. The summed E-state index contributed by atoms with van der Waals surface area (Å²) in [6.07, 6.45) is 0.821. The second-order valence-corrected chi connectivity index (χ2v) is 4.23. The number of carbonyl (C=O) groups is 2. The molecule has 0 aromatic heterocycles. The first-order valence-corrected chi connectivity index (χ1v) is 6.03. The molecule has 1 unspecified atom stereocenters. The third kappa shape index (κ3) is 4.51. The van der Waals surface area contributed by atoms with E-state index < -0.39 is 23.7 Å². The Labute approximate surface area is 115 Å². The summed E-state index contributed by atoms with van der Waals surface area (Å²) >= 11 is 0. The maximum Gasteiger partial charge on any atom is 0.326 e. The first kappa shape index (κ1) is 15.9. The second kappa shape index (κ2) is 7.44. The topological polar surface area (TPSA) is 102 Å². The zero-order valence-corrected chi connectivity index (χ0v) is 11.1. The fourth-order valence-corrected chi connectivity index (χ4v) is 1.66. The number of hydrogen-bond acceptors (Lipinski definition) is 4. The molecule has 0 bridgehead atoms. The number of halogens is 1. The van der Waals surface area contributed by atoms with Crippen LogP contribution >= 0.6 is 0 Å². The highest BCUT2D eigenvalue weighted by Crippen LogP contribution is 2.18. The largest absolute Gasteiger partial charge is 0.480 e. The quantitative estimate of drug-likeness (QED) is 0.623. The van der Waals surface area contributed by atoms with Crippen LogP contribution in [0.5, 0.6) is 0 Å². The molecule has 0 aliphatic heterocycles. The second-order valence-electron chi connectivity index (χ2n) is 4.23. The SMILES string of the molecule is COCCCC(Nc1ccc(C(N)=O)cc1F)C(=O)O. The van der Waals surface area contributed by atoms with E-state index in [4.69, 9.17) is 15.6 Å². The Balaban J connectivity index is 2.78. The molecule has 0 aliphatic carbocycles. The number of nitrogens with two attached hydrogens (primary N) is 1. The van der Waals surface area contributed by atoms with E-state index in [0.717, 1.165) is 6.07 Å². The summed E-state index contributed by atoms with van der Waals surface area (Å²) in [5.74, 6) is -2.55. The van der Waals surface area contributed by atoms with Crippen LogP contribution in [0.25, 0.3) is 0 Å². The Kier molecular flexibility index (Phi) is 5.92. The number of amides is 1. The number of carboxylic acids is 1. The summed E-state index contributed by atoms with van der Waals surface area (Å²) in [4.78, 5) is 22.0. The van der Waals surface area contributed by atoms with Gasteiger partial charge >= 0.3 is 5.97 Å². The molecule has 6 nitrogen and oxygen atoms in total. The molecule has 1 atom stereocenters. The van der Waals surface area contributed by atoms with Crippen LogP contribution in [0.4, 0.5) is 10.1 Å². The number of benzene rings is 1. The first-order chi connectivity index (χ1) is 9.45. The molecule has 110 valence electrons. The number of carbonyl (C=O) groups excluding carboxylic acids is 1. The van der Waals surface area contributed by atoms with Crippen molar-refractivity contribution in [3.63, 3.8) is 0 Å². The maximum atomic E-state index is 13.7. The van der Waals surface area contributed by atoms with Crippen molar-refractivity contribution in [3.05, 3.63) is 29.6 Å². The van der Waals surface area contributed by atoms with E-state index in [2.05, 4.69) is 5.32 Å². The third-order valence-electron chi connectivity index (χ3n) is 2.72. The Morgan fingerprint density at radius 3 is 2.70 bits per heavy atom. The number of methoxy groups -OCH3 is 1. The number of anilines is 1. The van der Waals surface area contributed by atoms with Crippen LogP contribution in [0, 0.1) is 5.82 Å². The van der Waals surface area contributed by atoms with Crippen LogP contribution in [0.1, 0.15) is 23.2 Å². The van der Waals surface area contributed by atoms with E-state index in [9.17, 15) is 14.0 Å². The highest BCUT2D eigenvalue weighted by molar-refractivity contribution is 5.93. The van der Waals surface area contributed by atoms with Crippen molar-refractivity contribution < 1.29 is 23.8 Å². The summed E-state index contributed by atoms with van der Waals surface area (Å²) in [5.41, 5.74) is 5.07. The number of primary amides is 1. The minimum atomic E-state index is -1.08. The van der Waals surface area contributed by atoms with E-state index in [1.807, 2.05) is 0 Å². The number of carboxylic acid groups (broad SMARTS) is 1. The predicted octanol–water partition coefficient (Wildman–Crippen LogP) is 1.22. The van der Waals surface area contributed by atoms with Gasteiger partial charge in [-0.1, -0.05) is 0 Å². The molecule has 1 amide bonds. The molecule has 0 fully saturated rings.